The summed E-state index contributed by atoms with van der Waals surface area (Å²) in [6, 6.07) is 10.9. The fraction of sp³-hybridized carbons (Fsp3) is 0.467. The SMILES string of the molecule is COCCCc1cc(CN(C(=O)C2CNCCC23OCc2cc(F)c(F)cc23)C2CC2)c2ncccc2c1. The van der Waals surface area contributed by atoms with E-state index in [1.54, 1.807) is 13.3 Å². The first-order chi connectivity index (χ1) is 18.5. The van der Waals surface area contributed by atoms with Crippen molar-refractivity contribution in [3.05, 3.63) is 76.5 Å². The number of methoxy groups -OCH3 is 1. The highest BCUT2D eigenvalue weighted by molar-refractivity contribution is 5.85. The molecule has 1 spiro atoms. The average Bonchev–Trinajstić information content (AvgIpc) is 3.72. The van der Waals surface area contributed by atoms with Crippen LogP contribution < -0.4 is 5.32 Å². The molecule has 6 rings (SSSR count). The van der Waals surface area contributed by atoms with Crippen LogP contribution in [0.5, 0.6) is 0 Å². The number of pyridine rings is 1. The molecule has 0 radical (unpaired) electrons. The van der Waals surface area contributed by atoms with E-state index < -0.39 is 23.2 Å². The molecular weight excluding hydrogens is 488 g/mol. The van der Waals surface area contributed by atoms with Gasteiger partial charge in [0, 0.05) is 44.4 Å². The Bertz CT molecular complexity index is 1360. The number of nitrogens with zero attached hydrogens (tertiary/aromatic N) is 2. The van der Waals surface area contributed by atoms with E-state index in [9.17, 15) is 13.6 Å². The predicted molar refractivity (Wildman–Crippen MR) is 139 cm³/mol. The number of carbonyl (C=O) groups is 1. The number of carbonyl (C=O) groups excluding carboxylic acids is 1. The number of rotatable bonds is 8. The summed E-state index contributed by atoms with van der Waals surface area (Å²) in [5.74, 6) is -2.33. The van der Waals surface area contributed by atoms with Gasteiger partial charge in [-0.3, -0.25) is 9.78 Å². The first-order valence-corrected chi connectivity index (χ1v) is 13.5. The van der Waals surface area contributed by atoms with E-state index in [1.165, 1.54) is 17.7 Å². The van der Waals surface area contributed by atoms with Gasteiger partial charge in [-0.1, -0.05) is 12.1 Å². The Labute approximate surface area is 221 Å². The maximum Gasteiger partial charge on any atom is 0.230 e. The van der Waals surface area contributed by atoms with Gasteiger partial charge in [0.05, 0.1) is 18.0 Å². The molecule has 2 atom stereocenters. The minimum atomic E-state index is -0.957. The van der Waals surface area contributed by atoms with E-state index in [0.29, 0.717) is 43.8 Å². The van der Waals surface area contributed by atoms with Crippen LogP contribution in [0.1, 0.15) is 47.9 Å². The molecule has 1 amide bonds. The van der Waals surface area contributed by atoms with Gasteiger partial charge in [-0.05, 0) is 85.2 Å². The number of ether oxygens (including phenoxy) is 2. The zero-order valence-corrected chi connectivity index (χ0v) is 21.6. The van der Waals surface area contributed by atoms with Crippen molar-refractivity contribution in [2.45, 2.75) is 56.9 Å². The van der Waals surface area contributed by atoms with Crippen molar-refractivity contribution in [3.63, 3.8) is 0 Å². The number of aryl methyl sites for hydroxylation is 1. The summed E-state index contributed by atoms with van der Waals surface area (Å²) in [4.78, 5) is 21.0. The van der Waals surface area contributed by atoms with Crippen LogP contribution in [0.3, 0.4) is 0 Å². The number of fused-ring (bicyclic) bond motifs is 3. The number of piperidine rings is 1. The monoisotopic (exact) mass is 521 g/mol. The normalized spacial score (nSPS) is 22.7. The van der Waals surface area contributed by atoms with Crippen molar-refractivity contribution in [3.8, 4) is 0 Å². The Balaban J connectivity index is 1.34. The van der Waals surface area contributed by atoms with Crippen molar-refractivity contribution < 1.29 is 23.0 Å². The van der Waals surface area contributed by atoms with E-state index in [1.807, 2.05) is 11.0 Å². The molecule has 2 aliphatic heterocycles. The molecule has 200 valence electrons. The maximum absolute atomic E-state index is 14.4. The fourth-order valence-corrected chi connectivity index (χ4v) is 6.21. The number of aromatic nitrogens is 1. The smallest absolute Gasteiger partial charge is 0.230 e. The molecule has 3 aromatic rings. The van der Waals surface area contributed by atoms with Gasteiger partial charge >= 0.3 is 0 Å². The van der Waals surface area contributed by atoms with Gasteiger partial charge < -0.3 is 19.7 Å². The molecule has 3 aliphatic rings. The first-order valence-electron chi connectivity index (χ1n) is 13.5. The number of halogens is 2. The molecule has 1 aromatic heterocycles. The van der Waals surface area contributed by atoms with Gasteiger partial charge in [-0.2, -0.15) is 0 Å². The molecule has 1 saturated carbocycles. The second kappa shape index (κ2) is 10.3. The van der Waals surface area contributed by atoms with Crippen LogP contribution in [-0.4, -0.2) is 48.6 Å². The molecule has 2 unspecified atom stereocenters. The summed E-state index contributed by atoms with van der Waals surface area (Å²) in [7, 11) is 1.71. The highest BCUT2D eigenvalue weighted by Crippen LogP contribution is 2.48. The summed E-state index contributed by atoms with van der Waals surface area (Å²) in [5.41, 5.74) is 3.40. The zero-order chi connectivity index (χ0) is 26.3. The van der Waals surface area contributed by atoms with Gasteiger partial charge in [-0.15, -0.1) is 0 Å². The number of nitrogens with one attached hydrogen (secondary N) is 1. The molecule has 38 heavy (non-hydrogen) atoms. The van der Waals surface area contributed by atoms with Crippen LogP contribution in [-0.2, 0) is 39.4 Å². The lowest BCUT2D eigenvalue weighted by Crippen LogP contribution is -2.55. The fourth-order valence-electron chi connectivity index (χ4n) is 6.21. The average molecular weight is 522 g/mol. The van der Waals surface area contributed by atoms with Gasteiger partial charge in [0.2, 0.25) is 5.91 Å². The Morgan fingerprint density at radius 1 is 1.24 bits per heavy atom. The van der Waals surface area contributed by atoms with E-state index in [2.05, 4.69) is 28.5 Å². The Morgan fingerprint density at radius 2 is 2.08 bits per heavy atom. The summed E-state index contributed by atoms with van der Waals surface area (Å²) < 4.78 is 39.9. The third kappa shape index (κ3) is 4.59. The molecular formula is C30H33F2N3O3. The van der Waals surface area contributed by atoms with Crippen molar-refractivity contribution in [1.82, 2.24) is 15.2 Å². The van der Waals surface area contributed by atoms with Gasteiger partial charge in [0.15, 0.2) is 11.6 Å². The van der Waals surface area contributed by atoms with E-state index >= 15 is 0 Å². The van der Waals surface area contributed by atoms with Gasteiger partial charge in [0.1, 0.15) is 5.60 Å². The molecule has 8 heteroatoms. The standard InChI is InChI=1S/C30H33F2N3O3/c1-37-11-3-4-19-12-20-5-2-9-34-28(20)21(13-19)17-35(23-6-7-23)29(36)25-16-33-10-8-30(25)24-15-27(32)26(31)14-22(24)18-38-30/h2,5,9,12-15,23,25,33H,3-4,6-8,10-11,16-18H2,1H3. The molecule has 1 aliphatic carbocycles. The van der Waals surface area contributed by atoms with Crippen LogP contribution in [0.15, 0.2) is 42.6 Å². The molecule has 2 fully saturated rings. The highest BCUT2D eigenvalue weighted by atomic mass is 19.2. The molecule has 6 nitrogen and oxygen atoms in total. The van der Waals surface area contributed by atoms with E-state index in [4.69, 9.17) is 9.47 Å². The third-order valence-corrected chi connectivity index (χ3v) is 8.24. The number of hydrogen-bond donors (Lipinski definition) is 1. The van der Waals surface area contributed by atoms with Gasteiger partial charge in [-0.25, -0.2) is 8.78 Å². The van der Waals surface area contributed by atoms with Crippen LogP contribution in [0.2, 0.25) is 0 Å². The molecule has 0 bridgehead atoms. The van der Waals surface area contributed by atoms with Crippen molar-refractivity contribution in [2.75, 3.05) is 26.8 Å². The highest BCUT2D eigenvalue weighted by Gasteiger charge is 2.53. The van der Waals surface area contributed by atoms with Crippen LogP contribution in [0, 0.1) is 17.6 Å². The Hall–Kier alpha value is -2.94. The molecule has 1 saturated heterocycles. The predicted octanol–water partition coefficient (Wildman–Crippen LogP) is 4.62. The summed E-state index contributed by atoms with van der Waals surface area (Å²) in [5, 5.41) is 4.41. The van der Waals surface area contributed by atoms with Crippen LogP contribution in [0.4, 0.5) is 8.78 Å². The first kappa shape index (κ1) is 25.3. The largest absolute Gasteiger partial charge is 0.385 e. The molecule has 1 N–H and O–H groups in total. The van der Waals surface area contributed by atoms with E-state index in [-0.39, 0.29) is 18.6 Å². The second-order valence-corrected chi connectivity index (χ2v) is 10.7. The minimum Gasteiger partial charge on any atom is -0.385 e. The zero-order valence-electron chi connectivity index (χ0n) is 21.6. The maximum atomic E-state index is 14.4. The number of amides is 1. The van der Waals surface area contributed by atoms with Crippen molar-refractivity contribution >= 4 is 16.8 Å². The third-order valence-electron chi connectivity index (χ3n) is 8.24. The van der Waals surface area contributed by atoms with Crippen LogP contribution >= 0.6 is 0 Å². The number of hydrogen-bond acceptors (Lipinski definition) is 5. The van der Waals surface area contributed by atoms with Crippen molar-refractivity contribution in [2.24, 2.45) is 5.92 Å². The lowest BCUT2D eigenvalue weighted by Gasteiger charge is -2.43. The molecule has 2 aromatic carbocycles. The van der Waals surface area contributed by atoms with Crippen molar-refractivity contribution in [1.29, 1.82) is 0 Å². The van der Waals surface area contributed by atoms with Crippen LogP contribution in [0.25, 0.3) is 10.9 Å². The second-order valence-electron chi connectivity index (χ2n) is 10.7. The summed E-state index contributed by atoms with van der Waals surface area (Å²) >= 11 is 0. The molecule has 3 heterocycles. The quantitative estimate of drug-likeness (QED) is 0.439. The topological polar surface area (TPSA) is 63.7 Å². The Morgan fingerprint density at radius 3 is 2.89 bits per heavy atom. The Kier molecular flexibility index (Phi) is 6.88. The lowest BCUT2D eigenvalue weighted by molar-refractivity contribution is -0.157. The minimum absolute atomic E-state index is 0.00819. The number of benzene rings is 2. The lowest BCUT2D eigenvalue weighted by atomic mass is 9.75. The van der Waals surface area contributed by atoms with Gasteiger partial charge in [0.25, 0.3) is 0 Å². The summed E-state index contributed by atoms with van der Waals surface area (Å²) in [6.07, 6.45) is 6.02. The van der Waals surface area contributed by atoms with E-state index in [0.717, 1.165) is 42.1 Å². The summed E-state index contributed by atoms with van der Waals surface area (Å²) in [6.45, 7) is 2.39.